The number of aliphatic hydroxyl groups is 1. The molecule has 1 rings (SSSR count). The molecule has 56 valence electrons. The first-order chi connectivity index (χ1) is 4.77. The molecule has 1 heterocycles. The maximum Gasteiger partial charge on any atom is 0.0881 e. The molecule has 3 heteroatoms. The largest absolute Gasteiger partial charge is 0.390 e. The highest BCUT2D eigenvalue weighted by Gasteiger charge is 1.99. The topological polar surface area (TPSA) is 38.1 Å². The zero-order valence-corrected chi connectivity index (χ0v) is 6.33. The van der Waals surface area contributed by atoms with Crippen LogP contribution in [0.1, 0.15) is 18.3 Å². The molecule has 0 fully saturated rings. The van der Waals surface area contributed by atoms with Gasteiger partial charge in [0, 0.05) is 12.7 Å². The molecular formula is C7H12N2O. The van der Waals surface area contributed by atoms with Crippen molar-refractivity contribution >= 4 is 0 Å². The third-order valence-corrected chi connectivity index (χ3v) is 1.55. The Morgan fingerprint density at radius 3 is 2.70 bits per heavy atom. The van der Waals surface area contributed by atoms with E-state index in [1.807, 2.05) is 13.1 Å². The summed E-state index contributed by atoms with van der Waals surface area (Å²) < 4.78 is 1.80. The van der Waals surface area contributed by atoms with Gasteiger partial charge in [-0.1, -0.05) is 6.92 Å². The third-order valence-electron chi connectivity index (χ3n) is 1.55. The van der Waals surface area contributed by atoms with Crippen molar-refractivity contribution in [2.24, 2.45) is 7.05 Å². The minimum atomic E-state index is 0.0356. The molecule has 0 bridgehead atoms. The van der Waals surface area contributed by atoms with Crippen LogP contribution in [0, 0.1) is 0 Å². The van der Waals surface area contributed by atoms with Crippen LogP contribution in [0.15, 0.2) is 6.07 Å². The van der Waals surface area contributed by atoms with Gasteiger partial charge >= 0.3 is 0 Å². The van der Waals surface area contributed by atoms with E-state index in [1.165, 1.54) is 0 Å². The van der Waals surface area contributed by atoms with E-state index in [9.17, 15) is 0 Å². The maximum atomic E-state index is 8.70. The molecule has 0 saturated heterocycles. The molecule has 0 aromatic carbocycles. The fraction of sp³-hybridized carbons (Fsp3) is 0.571. The van der Waals surface area contributed by atoms with Gasteiger partial charge < -0.3 is 5.11 Å². The summed E-state index contributed by atoms with van der Waals surface area (Å²) in [5, 5.41) is 12.8. The Morgan fingerprint density at radius 2 is 2.40 bits per heavy atom. The van der Waals surface area contributed by atoms with E-state index in [0.29, 0.717) is 0 Å². The van der Waals surface area contributed by atoms with Crippen LogP contribution < -0.4 is 0 Å². The van der Waals surface area contributed by atoms with Crippen LogP contribution in [-0.4, -0.2) is 14.9 Å². The Kier molecular flexibility index (Phi) is 2.06. The maximum absolute atomic E-state index is 8.70. The Morgan fingerprint density at radius 1 is 1.70 bits per heavy atom. The summed E-state index contributed by atoms with van der Waals surface area (Å²) in [6, 6.07) is 1.92. The number of rotatable bonds is 2. The lowest BCUT2D eigenvalue weighted by molar-refractivity contribution is 0.275. The summed E-state index contributed by atoms with van der Waals surface area (Å²) in [5.41, 5.74) is 1.91. The number of hydrogen-bond acceptors (Lipinski definition) is 2. The molecule has 1 N–H and O–H groups in total. The van der Waals surface area contributed by atoms with Crippen molar-refractivity contribution in [2.45, 2.75) is 20.0 Å². The number of nitrogens with zero attached hydrogens (tertiary/aromatic N) is 2. The Bertz CT molecular complexity index is 217. The van der Waals surface area contributed by atoms with E-state index in [-0.39, 0.29) is 6.61 Å². The second kappa shape index (κ2) is 2.84. The zero-order chi connectivity index (χ0) is 7.56. The lowest BCUT2D eigenvalue weighted by Crippen LogP contribution is -1.96. The smallest absolute Gasteiger partial charge is 0.0881 e. The first kappa shape index (κ1) is 7.28. The summed E-state index contributed by atoms with van der Waals surface area (Å²) in [6.07, 6.45) is 0.962. The van der Waals surface area contributed by atoms with Crippen molar-refractivity contribution in [1.29, 1.82) is 0 Å². The highest BCUT2D eigenvalue weighted by molar-refractivity contribution is 5.08. The van der Waals surface area contributed by atoms with E-state index >= 15 is 0 Å². The molecular weight excluding hydrogens is 128 g/mol. The highest BCUT2D eigenvalue weighted by atomic mass is 16.3. The molecule has 10 heavy (non-hydrogen) atoms. The number of hydrogen-bond donors (Lipinski definition) is 1. The fourth-order valence-corrected chi connectivity index (χ4v) is 0.980. The van der Waals surface area contributed by atoms with Crippen LogP contribution in [0.2, 0.25) is 0 Å². The first-order valence-electron chi connectivity index (χ1n) is 3.40. The van der Waals surface area contributed by atoms with E-state index in [2.05, 4.69) is 12.0 Å². The monoisotopic (exact) mass is 140 g/mol. The molecule has 0 aliphatic carbocycles. The van der Waals surface area contributed by atoms with Gasteiger partial charge in [-0.3, -0.25) is 4.68 Å². The van der Waals surface area contributed by atoms with E-state index in [0.717, 1.165) is 17.8 Å². The zero-order valence-electron chi connectivity index (χ0n) is 6.33. The van der Waals surface area contributed by atoms with Crippen LogP contribution in [0.3, 0.4) is 0 Å². The van der Waals surface area contributed by atoms with Crippen molar-refractivity contribution in [3.8, 4) is 0 Å². The number of aromatic nitrogens is 2. The van der Waals surface area contributed by atoms with Crippen molar-refractivity contribution < 1.29 is 5.11 Å². The highest BCUT2D eigenvalue weighted by Crippen LogP contribution is 2.02. The Balaban J connectivity index is 2.92. The van der Waals surface area contributed by atoms with Crippen LogP contribution in [0.5, 0.6) is 0 Å². The minimum absolute atomic E-state index is 0.0356. The van der Waals surface area contributed by atoms with Gasteiger partial charge in [-0.15, -0.1) is 0 Å². The van der Waals surface area contributed by atoms with Gasteiger partial charge in [-0.2, -0.15) is 5.10 Å². The van der Waals surface area contributed by atoms with Crippen LogP contribution >= 0.6 is 0 Å². The van der Waals surface area contributed by atoms with Gasteiger partial charge in [0.1, 0.15) is 0 Å². The molecule has 0 amide bonds. The summed E-state index contributed by atoms with van der Waals surface area (Å²) in [4.78, 5) is 0. The molecule has 0 saturated carbocycles. The van der Waals surface area contributed by atoms with Crippen molar-refractivity contribution in [3.05, 3.63) is 17.5 Å². The van der Waals surface area contributed by atoms with Crippen molar-refractivity contribution in [3.63, 3.8) is 0 Å². The van der Waals surface area contributed by atoms with Gasteiger partial charge in [0.15, 0.2) is 0 Å². The Hall–Kier alpha value is -0.830. The minimum Gasteiger partial charge on any atom is -0.390 e. The first-order valence-corrected chi connectivity index (χ1v) is 3.40. The second-order valence-electron chi connectivity index (χ2n) is 2.26. The second-order valence-corrected chi connectivity index (χ2v) is 2.26. The molecule has 0 aliphatic rings. The van der Waals surface area contributed by atoms with Crippen LogP contribution in [0.4, 0.5) is 0 Å². The van der Waals surface area contributed by atoms with E-state index < -0.39 is 0 Å². The molecule has 0 aliphatic heterocycles. The summed E-state index contributed by atoms with van der Waals surface area (Å²) in [5.74, 6) is 0. The molecule has 0 atom stereocenters. The molecule has 1 aromatic rings. The third kappa shape index (κ3) is 1.19. The number of aryl methyl sites for hydroxylation is 2. The average molecular weight is 140 g/mol. The molecule has 0 unspecified atom stereocenters. The van der Waals surface area contributed by atoms with Crippen molar-refractivity contribution in [2.75, 3.05) is 0 Å². The standard InChI is InChI=1S/C7H12N2O/c1-3-7-4-6(5-10)8-9(7)2/h4,10H,3,5H2,1-2H3. The summed E-state index contributed by atoms with van der Waals surface area (Å²) in [7, 11) is 1.89. The molecule has 0 radical (unpaired) electrons. The van der Waals surface area contributed by atoms with E-state index in [1.54, 1.807) is 4.68 Å². The molecule has 1 aromatic heterocycles. The lowest BCUT2D eigenvalue weighted by Gasteiger charge is -1.92. The predicted molar refractivity (Wildman–Crippen MR) is 38.5 cm³/mol. The lowest BCUT2D eigenvalue weighted by atomic mass is 10.3. The van der Waals surface area contributed by atoms with Crippen LogP contribution in [-0.2, 0) is 20.1 Å². The fourth-order valence-electron chi connectivity index (χ4n) is 0.980. The van der Waals surface area contributed by atoms with Gasteiger partial charge in [0.25, 0.3) is 0 Å². The van der Waals surface area contributed by atoms with E-state index in [4.69, 9.17) is 5.11 Å². The van der Waals surface area contributed by atoms with Gasteiger partial charge in [-0.25, -0.2) is 0 Å². The van der Waals surface area contributed by atoms with Crippen LogP contribution in [0.25, 0.3) is 0 Å². The summed E-state index contributed by atoms with van der Waals surface area (Å²) in [6.45, 7) is 2.10. The molecule has 0 spiro atoms. The quantitative estimate of drug-likeness (QED) is 0.648. The molecule has 3 nitrogen and oxygen atoms in total. The van der Waals surface area contributed by atoms with Gasteiger partial charge in [0.05, 0.1) is 12.3 Å². The average Bonchev–Trinajstić information content (AvgIpc) is 2.30. The summed E-state index contributed by atoms with van der Waals surface area (Å²) >= 11 is 0. The van der Waals surface area contributed by atoms with Gasteiger partial charge in [0.2, 0.25) is 0 Å². The normalized spacial score (nSPS) is 10.3. The number of aliphatic hydroxyl groups excluding tert-OH is 1. The Labute approximate surface area is 60.3 Å². The van der Waals surface area contributed by atoms with Crippen molar-refractivity contribution in [1.82, 2.24) is 9.78 Å². The predicted octanol–water partition coefficient (Wildman–Crippen LogP) is 0.475. The SMILES string of the molecule is CCc1cc(CO)nn1C. The van der Waals surface area contributed by atoms with Gasteiger partial charge in [-0.05, 0) is 12.5 Å².